The van der Waals surface area contributed by atoms with E-state index < -0.39 is 0 Å². The van der Waals surface area contributed by atoms with Gasteiger partial charge in [0.15, 0.2) is 0 Å². The SMILES string of the molecule is CCN(C)c1ccc(-c2cccnc2)cc1. The van der Waals surface area contributed by atoms with Crippen molar-refractivity contribution in [1.29, 1.82) is 0 Å². The molecular formula is C14H16N2. The van der Waals surface area contributed by atoms with Crippen LogP contribution in [0.15, 0.2) is 48.8 Å². The molecule has 2 nitrogen and oxygen atoms in total. The molecule has 2 heteroatoms. The molecule has 0 amide bonds. The van der Waals surface area contributed by atoms with E-state index in [1.165, 1.54) is 11.3 Å². The smallest absolute Gasteiger partial charge is 0.0363 e. The zero-order valence-corrected chi connectivity index (χ0v) is 9.72. The highest BCUT2D eigenvalue weighted by molar-refractivity contribution is 5.65. The van der Waals surface area contributed by atoms with Gasteiger partial charge in [-0.1, -0.05) is 18.2 Å². The van der Waals surface area contributed by atoms with Crippen molar-refractivity contribution in [2.24, 2.45) is 0 Å². The lowest BCUT2D eigenvalue weighted by Gasteiger charge is -2.16. The summed E-state index contributed by atoms with van der Waals surface area (Å²) in [5.41, 5.74) is 3.62. The van der Waals surface area contributed by atoms with Gasteiger partial charge in [0.2, 0.25) is 0 Å². The Morgan fingerprint density at radius 3 is 2.38 bits per heavy atom. The van der Waals surface area contributed by atoms with Crippen LogP contribution in [-0.4, -0.2) is 18.6 Å². The minimum absolute atomic E-state index is 1.02. The van der Waals surface area contributed by atoms with Gasteiger partial charge < -0.3 is 4.90 Å². The number of nitrogens with zero attached hydrogens (tertiary/aromatic N) is 2. The average Bonchev–Trinajstić information content (AvgIpc) is 2.39. The third-order valence-electron chi connectivity index (χ3n) is 2.78. The molecule has 16 heavy (non-hydrogen) atoms. The van der Waals surface area contributed by atoms with E-state index in [9.17, 15) is 0 Å². The Hall–Kier alpha value is -1.83. The van der Waals surface area contributed by atoms with Crippen LogP contribution in [0.1, 0.15) is 6.92 Å². The molecule has 0 unspecified atom stereocenters. The number of rotatable bonds is 3. The summed E-state index contributed by atoms with van der Waals surface area (Å²) in [7, 11) is 2.10. The summed E-state index contributed by atoms with van der Waals surface area (Å²) in [4.78, 5) is 6.34. The average molecular weight is 212 g/mol. The molecule has 0 spiro atoms. The lowest BCUT2D eigenvalue weighted by molar-refractivity contribution is 0.968. The molecule has 0 fully saturated rings. The zero-order valence-electron chi connectivity index (χ0n) is 9.72. The number of anilines is 1. The molecule has 2 rings (SSSR count). The monoisotopic (exact) mass is 212 g/mol. The second-order valence-corrected chi connectivity index (χ2v) is 3.80. The maximum atomic E-state index is 4.12. The predicted octanol–water partition coefficient (Wildman–Crippen LogP) is 3.20. The van der Waals surface area contributed by atoms with E-state index in [0.29, 0.717) is 0 Å². The maximum Gasteiger partial charge on any atom is 0.0363 e. The van der Waals surface area contributed by atoms with E-state index in [0.717, 1.165) is 12.1 Å². The van der Waals surface area contributed by atoms with E-state index in [2.05, 4.69) is 54.2 Å². The Morgan fingerprint density at radius 2 is 1.81 bits per heavy atom. The zero-order chi connectivity index (χ0) is 11.4. The number of aromatic nitrogens is 1. The van der Waals surface area contributed by atoms with Crippen LogP contribution < -0.4 is 4.90 Å². The van der Waals surface area contributed by atoms with Gasteiger partial charge in [-0.2, -0.15) is 0 Å². The minimum Gasteiger partial charge on any atom is -0.375 e. The summed E-state index contributed by atoms with van der Waals surface area (Å²) >= 11 is 0. The first-order valence-electron chi connectivity index (χ1n) is 5.53. The molecule has 1 aromatic heterocycles. The summed E-state index contributed by atoms with van der Waals surface area (Å²) in [5.74, 6) is 0. The summed E-state index contributed by atoms with van der Waals surface area (Å²) < 4.78 is 0. The van der Waals surface area contributed by atoms with Gasteiger partial charge in [0.1, 0.15) is 0 Å². The van der Waals surface area contributed by atoms with Gasteiger partial charge >= 0.3 is 0 Å². The van der Waals surface area contributed by atoms with Gasteiger partial charge in [-0.25, -0.2) is 0 Å². The van der Waals surface area contributed by atoms with Crippen LogP contribution in [0.2, 0.25) is 0 Å². The quantitative estimate of drug-likeness (QED) is 0.776. The van der Waals surface area contributed by atoms with Crippen molar-refractivity contribution in [3.8, 4) is 11.1 Å². The molecule has 0 radical (unpaired) electrons. The molecule has 0 saturated carbocycles. The number of hydrogen-bond acceptors (Lipinski definition) is 2. The Morgan fingerprint density at radius 1 is 1.06 bits per heavy atom. The Kier molecular flexibility index (Phi) is 3.20. The third kappa shape index (κ3) is 2.22. The van der Waals surface area contributed by atoms with Crippen LogP contribution in [-0.2, 0) is 0 Å². The van der Waals surface area contributed by atoms with Gasteiger partial charge in [0.05, 0.1) is 0 Å². The predicted molar refractivity (Wildman–Crippen MR) is 68.6 cm³/mol. The molecule has 0 aliphatic heterocycles. The fourth-order valence-electron chi connectivity index (χ4n) is 1.62. The molecule has 82 valence electrons. The van der Waals surface area contributed by atoms with Crippen LogP contribution in [0, 0.1) is 0 Å². The fraction of sp³-hybridized carbons (Fsp3) is 0.214. The summed E-state index contributed by atoms with van der Waals surface area (Å²) in [6.07, 6.45) is 3.68. The second kappa shape index (κ2) is 4.79. The molecule has 0 saturated heterocycles. The van der Waals surface area contributed by atoms with E-state index in [-0.39, 0.29) is 0 Å². The van der Waals surface area contributed by atoms with Crippen molar-refractivity contribution in [2.75, 3.05) is 18.5 Å². The van der Waals surface area contributed by atoms with Crippen LogP contribution in [0.4, 0.5) is 5.69 Å². The van der Waals surface area contributed by atoms with Crippen molar-refractivity contribution in [1.82, 2.24) is 4.98 Å². The number of pyridine rings is 1. The van der Waals surface area contributed by atoms with Crippen molar-refractivity contribution >= 4 is 5.69 Å². The van der Waals surface area contributed by atoms with E-state index >= 15 is 0 Å². The van der Waals surface area contributed by atoms with E-state index in [1.54, 1.807) is 6.20 Å². The van der Waals surface area contributed by atoms with Crippen LogP contribution >= 0.6 is 0 Å². The van der Waals surface area contributed by atoms with Crippen molar-refractivity contribution in [3.05, 3.63) is 48.8 Å². The molecule has 0 N–H and O–H groups in total. The van der Waals surface area contributed by atoms with Crippen LogP contribution in [0.3, 0.4) is 0 Å². The third-order valence-corrected chi connectivity index (χ3v) is 2.78. The second-order valence-electron chi connectivity index (χ2n) is 3.80. The molecule has 1 heterocycles. The summed E-state index contributed by atoms with van der Waals surface area (Å²) in [5, 5.41) is 0. The Bertz CT molecular complexity index is 434. The van der Waals surface area contributed by atoms with Gasteiger partial charge in [-0.3, -0.25) is 4.98 Å². The molecule has 2 aromatic rings. The van der Waals surface area contributed by atoms with Crippen LogP contribution in [0.25, 0.3) is 11.1 Å². The first-order chi connectivity index (χ1) is 7.81. The van der Waals surface area contributed by atoms with Gasteiger partial charge in [-0.05, 0) is 36.2 Å². The highest BCUT2D eigenvalue weighted by Gasteiger charge is 1.99. The van der Waals surface area contributed by atoms with Gasteiger partial charge in [0, 0.05) is 31.7 Å². The standard InChI is InChI=1S/C14H16N2/c1-3-16(2)14-8-6-12(7-9-14)13-5-4-10-15-11-13/h4-11H,3H2,1-2H3. The maximum absolute atomic E-state index is 4.12. The van der Waals surface area contributed by atoms with Gasteiger partial charge in [-0.15, -0.1) is 0 Å². The highest BCUT2D eigenvalue weighted by atomic mass is 15.1. The normalized spacial score (nSPS) is 10.1. The van der Waals surface area contributed by atoms with Crippen molar-refractivity contribution in [2.45, 2.75) is 6.92 Å². The number of hydrogen-bond donors (Lipinski definition) is 0. The molecule has 0 aliphatic rings. The molecule has 1 aromatic carbocycles. The Labute approximate surface area is 96.6 Å². The molecule has 0 bridgehead atoms. The fourth-order valence-corrected chi connectivity index (χ4v) is 1.62. The van der Waals surface area contributed by atoms with Crippen LogP contribution in [0.5, 0.6) is 0 Å². The summed E-state index contributed by atoms with van der Waals surface area (Å²) in [6.45, 7) is 3.17. The minimum atomic E-state index is 1.02. The molecule has 0 aliphatic carbocycles. The lowest BCUT2D eigenvalue weighted by Crippen LogP contribution is -2.15. The highest BCUT2D eigenvalue weighted by Crippen LogP contribution is 2.21. The van der Waals surface area contributed by atoms with Crippen molar-refractivity contribution < 1.29 is 0 Å². The Balaban J connectivity index is 2.26. The molecule has 0 atom stereocenters. The molecular weight excluding hydrogens is 196 g/mol. The van der Waals surface area contributed by atoms with Gasteiger partial charge in [0.25, 0.3) is 0 Å². The number of benzene rings is 1. The van der Waals surface area contributed by atoms with E-state index in [4.69, 9.17) is 0 Å². The largest absolute Gasteiger partial charge is 0.375 e. The first kappa shape index (κ1) is 10.7. The van der Waals surface area contributed by atoms with Crippen molar-refractivity contribution in [3.63, 3.8) is 0 Å². The lowest BCUT2D eigenvalue weighted by atomic mass is 10.1. The summed E-state index contributed by atoms with van der Waals surface area (Å²) in [6, 6.07) is 12.6. The topological polar surface area (TPSA) is 16.1 Å². The van der Waals surface area contributed by atoms with E-state index in [1.807, 2.05) is 12.3 Å². The first-order valence-corrected chi connectivity index (χ1v) is 5.53.